The third-order valence-electron chi connectivity index (χ3n) is 10.1. The van der Waals surface area contributed by atoms with Gasteiger partial charge in [-0.15, -0.1) is 0 Å². The van der Waals surface area contributed by atoms with Gasteiger partial charge in [-0.05, 0) is 80.8 Å². The molecule has 2 N–H and O–H groups in total. The Morgan fingerprint density at radius 3 is 2.22 bits per heavy atom. The molecule has 54 heavy (non-hydrogen) atoms. The van der Waals surface area contributed by atoms with E-state index >= 15 is 0 Å². The molecule has 3 aromatic rings. The lowest BCUT2D eigenvalue weighted by Gasteiger charge is -2.38. The molecule has 3 aliphatic rings. The van der Waals surface area contributed by atoms with Crippen LogP contribution in [0.4, 0.5) is 13.2 Å². The van der Waals surface area contributed by atoms with Gasteiger partial charge in [0.05, 0.1) is 18.8 Å². The molecule has 0 radical (unpaired) electrons. The van der Waals surface area contributed by atoms with Gasteiger partial charge < -0.3 is 29.5 Å². The highest BCUT2D eigenvalue weighted by molar-refractivity contribution is 5.90. The SMILES string of the molecule is CC(C)(C)OC(=O)[C@@H]1CCCN1C[C@H]1C[C@@H](c2ccc(CO)cc2)O[C@@H](c2ccc(-c3ccccc3CNC(=O)[C@@H]3CCCN3C(=O)C(F)(F)F)cc2)O1. The summed E-state index contributed by atoms with van der Waals surface area (Å²) in [6.07, 6.45) is -3.68. The number of alkyl halides is 3. The van der Waals surface area contributed by atoms with Gasteiger partial charge in [-0.25, -0.2) is 0 Å². The van der Waals surface area contributed by atoms with Gasteiger partial charge in [0.15, 0.2) is 6.29 Å². The molecule has 0 spiro atoms. The first-order valence-electron chi connectivity index (χ1n) is 18.5. The van der Waals surface area contributed by atoms with Crippen molar-refractivity contribution >= 4 is 17.8 Å². The van der Waals surface area contributed by atoms with E-state index in [1.807, 2.05) is 93.6 Å². The topological polar surface area (TPSA) is 118 Å². The smallest absolute Gasteiger partial charge is 0.459 e. The number of hydrogen-bond donors (Lipinski definition) is 2. The van der Waals surface area contributed by atoms with E-state index in [9.17, 15) is 32.7 Å². The third-order valence-corrected chi connectivity index (χ3v) is 10.1. The molecule has 290 valence electrons. The third kappa shape index (κ3) is 9.49. The molecule has 2 amide bonds. The Labute approximate surface area is 313 Å². The molecule has 0 aliphatic carbocycles. The van der Waals surface area contributed by atoms with Gasteiger partial charge in [0.2, 0.25) is 5.91 Å². The maximum Gasteiger partial charge on any atom is 0.471 e. The van der Waals surface area contributed by atoms with Crippen LogP contribution in [0.2, 0.25) is 0 Å². The number of likely N-dealkylation sites (tertiary alicyclic amines) is 2. The van der Waals surface area contributed by atoms with Crippen molar-refractivity contribution in [1.29, 1.82) is 0 Å². The second-order valence-corrected chi connectivity index (χ2v) is 15.2. The molecule has 5 atom stereocenters. The lowest BCUT2D eigenvalue weighted by molar-refractivity contribution is -0.253. The number of rotatable bonds is 10. The van der Waals surface area contributed by atoms with Crippen molar-refractivity contribution in [2.24, 2.45) is 0 Å². The summed E-state index contributed by atoms with van der Waals surface area (Å²) in [6, 6.07) is 21.2. The number of carbonyl (C=O) groups excluding carboxylic acids is 3. The number of amides is 2. The van der Waals surface area contributed by atoms with Gasteiger partial charge in [-0.2, -0.15) is 13.2 Å². The van der Waals surface area contributed by atoms with Gasteiger partial charge in [0, 0.05) is 31.6 Å². The number of nitrogens with one attached hydrogen (secondary N) is 1. The van der Waals surface area contributed by atoms with Crippen molar-refractivity contribution in [2.45, 2.75) is 108 Å². The Kier molecular flexibility index (Phi) is 12.1. The van der Waals surface area contributed by atoms with Crippen LogP contribution >= 0.6 is 0 Å². The molecule has 3 aromatic carbocycles. The Balaban J connectivity index is 1.17. The monoisotopic (exact) mass is 751 g/mol. The summed E-state index contributed by atoms with van der Waals surface area (Å²) in [7, 11) is 0. The number of aliphatic hydroxyl groups is 1. The molecule has 3 heterocycles. The first-order valence-corrected chi connectivity index (χ1v) is 18.5. The van der Waals surface area contributed by atoms with E-state index in [0.717, 1.165) is 52.8 Å². The Morgan fingerprint density at radius 1 is 0.870 bits per heavy atom. The molecule has 0 saturated carbocycles. The molecule has 3 aliphatic heterocycles. The summed E-state index contributed by atoms with van der Waals surface area (Å²) >= 11 is 0. The fraction of sp³-hybridized carbons (Fsp3) is 0.488. The lowest BCUT2D eigenvalue weighted by atomic mass is 9.97. The van der Waals surface area contributed by atoms with Gasteiger partial charge in [-0.3, -0.25) is 19.3 Å². The molecule has 3 saturated heterocycles. The highest BCUT2D eigenvalue weighted by atomic mass is 19.4. The summed E-state index contributed by atoms with van der Waals surface area (Å²) in [5.41, 5.74) is 4.37. The van der Waals surface area contributed by atoms with E-state index in [1.165, 1.54) is 0 Å². The Morgan fingerprint density at radius 2 is 1.54 bits per heavy atom. The number of hydrogen-bond acceptors (Lipinski definition) is 8. The fourth-order valence-corrected chi connectivity index (χ4v) is 7.50. The number of esters is 1. The van der Waals surface area contributed by atoms with Crippen LogP contribution in [-0.2, 0) is 41.7 Å². The van der Waals surface area contributed by atoms with Gasteiger partial charge in [0.1, 0.15) is 17.7 Å². The fourth-order valence-electron chi connectivity index (χ4n) is 7.50. The molecule has 0 bridgehead atoms. The molecule has 13 heteroatoms. The second-order valence-electron chi connectivity index (χ2n) is 15.2. The number of benzene rings is 3. The van der Waals surface area contributed by atoms with Crippen LogP contribution < -0.4 is 5.32 Å². The second kappa shape index (κ2) is 16.6. The van der Waals surface area contributed by atoms with E-state index in [1.54, 1.807) is 0 Å². The van der Waals surface area contributed by atoms with Crippen LogP contribution in [0.15, 0.2) is 72.8 Å². The first-order chi connectivity index (χ1) is 25.7. The van der Waals surface area contributed by atoms with Crippen molar-refractivity contribution < 1.29 is 46.9 Å². The standard InChI is InChI=1S/C41H48F3N3O7/c1-40(2,3)54-37(50)34-11-6-20-46(34)24-31-22-35(28-14-12-26(25-48)13-15-28)53-38(52-31)29-18-16-27(17-19-29)32-9-5-4-8-30(32)23-45-36(49)33-10-7-21-47(33)39(51)41(42,43)44/h4-5,8-9,12-19,31,33-35,38,48H,6-7,10-11,20-25H2,1-3H3,(H,45,49)/t31-,33+,34+,35+,38+/m1/s1. The summed E-state index contributed by atoms with van der Waals surface area (Å²) in [4.78, 5) is 40.7. The van der Waals surface area contributed by atoms with Gasteiger partial charge in [-0.1, -0.05) is 72.8 Å². The van der Waals surface area contributed by atoms with Gasteiger partial charge >= 0.3 is 18.1 Å². The van der Waals surface area contributed by atoms with E-state index in [4.69, 9.17) is 14.2 Å². The lowest BCUT2D eigenvalue weighted by Crippen LogP contribution is -2.50. The predicted octanol–water partition coefficient (Wildman–Crippen LogP) is 6.37. The van der Waals surface area contributed by atoms with E-state index in [2.05, 4.69) is 10.2 Å². The van der Waals surface area contributed by atoms with Crippen molar-refractivity contribution in [2.75, 3.05) is 19.6 Å². The number of carbonyl (C=O) groups is 3. The number of halogens is 3. The quantitative estimate of drug-likeness (QED) is 0.230. The summed E-state index contributed by atoms with van der Waals surface area (Å²) in [5.74, 6) is -2.85. The minimum atomic E-state index is -5.04. The number of ether oxygens (including phenoxy) is 3. The van der Waals surface area contributed by atoms with Crippen LogP contribution in [-0.4, -0.2) is 82.3 Å². The molecule has 0 aromatic heterocycles. The van der Waals surface area contributed by atoms with Gasteiger partial charge in [0.25, 0.3) is 0 Å². The number of nitrogens with zero attached hydrogens (tertiary/aromatic N) is 2. The molecule has 3 fully saturated rings. The maximum absolute atomic E-state index is 13.1. The summed E-state index contributed by atoms with van der Waals surface area (Å²) < 4.78 is 58.2. The largest absolute Gasteiger partial charge is 0.471 e. The molecule has 10 nitrogen and oxygen atoms in total. The minimum absolute atomic E-state index is 0.0644. The molecule has 0 unspecified atom stereocenters. The zero-order chi connectivity index (χ0) is 38.6. The van der Waals surface area contributed by atoms with Crippen LogP contribution in [0.3, 0.4) is 0 Å². The van der Waals surface area contributed by atoms with Crippen LogP contribution in [0.5, 0.6) is 0 Å². The maximum atomic E-state index is 13.1. The van der Waals surface area contributed by atoms with E-state index in [0.29, 0.717) is 24.3 Å². The highest BCUT2D eigenvalue weighted by Gasteiger charge is 2.47. The normalized spacial score (nSPS) is 23.7. The average molecular weight is 752 g/mol. The van der Waals surface area contributed by atoms with Crippen molar-refractivity contribution in [3.05, 3.63) is 95.1 Å². The van der Waals surface area contributed by atoms with E-state index in [-0.39, 0.29) is 50.3 Å². The Bertz CT molecular complexity index is 1780. The zero-order valence-electron chi connectivity index (χ0n) is 30.8. The van der Waals surface area contributed by atoms with Crippen molar-refractivity contribution in [3.8, 4) is 11.1 Å². The Hall–Kier alpha value is -4.30. The predicted molar refractivity (Wildman–Crippen MR) is 193 cm³/mol. The summed E-state index contributed by atoms with van der Waals surface area (Å²) in [5, 5.41) is 12.3. The summed E-state index contributed by atoms with van der Waals surface area (Å²) in [6.45, 7) is 6.76. The van der Waals surface area contributed by atoms with Crippen LogP contribution in [0, 0.1) is 0 Å². The van der Waals surface area contributed by atoms with E-state index < -0.39 is 35.9 Å². The average Bonchev–Trinajstić information content (AvgIpc) is 3.83. The first kappa shape index (κ1) is 39.4. The van der Waals surface area contributed by atoms with Crippen LogP contribution in [0.1, 0.15) is 87.5 Å². The number of aliphatic hydroxyl groups excluding tert-OH is 1. The van der Waals surface area contributed by atoms with Crippen molar-refractivity contribution in [3.63, 3.8) is 0 Å². The highest BCUT2D eigenvalue weighted by Crippen LogP contribution is 2.39. The van der Waals surface area contributed by atoms with Crippen LogP contribution in [0.25, 0.3) is 11.1 Å². The zero-order valence-corrected chi connectivity index (χ0v) is 30.8. The molecular formula is C41H48F3N3O7. The van der Waals surface area contributed by atoms with Crippen molar-refractivity contribution in [1.82, 2.24) is 15.1 Å². The molecule has 6 rings (SSSR count). The minimum Gasteiger partial charge on any atom is -0.459 e. The molecular weight excluding hydrogens is 703 g/mol.